The van der Waals surface area contributed by atoms with Crippen LogP contribution in [0.4, 0.5) is 11.5 Å². The Labute approximate surface area is 117 Å². The number of carbonyl (C=O) groups is 2. The maximum absolute atomic E-state index is 11.6. The number of aromatic nitrogens is 1. The lowest BCUT2D eigenvalue weighted by Crippen LogP contribution is -2.33. The maximum Gasteiger partial charge on any atom is 0.337 e. The largest absolute Gasteiger partial charge is 0.478 e. The Kier molecular flexibility index (Phi) is 5.76. The highest BCUT2D eigenvalue weighted by molar-refractivity contribution is 5.96. The highest BCUT2D eigenvalue weighted by atomic mass is 16.4. The van der Waals surface area contributed by atoms with Gasteiger partial charge < -0.3 is 21.5 Å². The molecule has 1 atom stereocenters. The van der Waals surface area contributed by atoms with Gasteiger partial charge in [0, 0.05) is 25.2 Å². The summed E-state index contributed by atoms with van der Waals surface area (Å²) >= 11 is 0. The number of hydrogen-bond donors (Lipinski definition) is 4. The third-order valence-corrected chi connectivity index (χ3v) is 2.88. The van der Waals surface area contributed by atoms with Crippen molar-refractivity contribution in [3.05, 3.63) is 17.8 Å². The molecule has 0 aliphatic rings. The molecule has 0 aliphatic heterocycles. The lowest BCUT2D eigenvalue weighted by atomic mass is 10.2. The van der Waals surface area contributed by atoms with E-state index in [1.165, 1.54) is 12.3 Å². The number of nitrogens with two attached hydrogens (primary N) is 1. The van der Waals surface area contributed by atoms with E-state index in [4.69, 9.17) is 10.8 Å². The minimum Gasteiger partial charge on any atom is -0.478 e. The van der Waals surface area contributed by atoms with Crippen LogP contribution in [0.1, 0.15) is 37.0 Å². The standard InChI is InChI=1S/C13H20N4O3/c1-3-8(2)17-10(18)5-7-16-12-11(14)9(13(19)20)4-6-15-12/h4,6,8H,3,5,7,14H2,1-2H3,(H,15,16)(H,17,18)(H,19,20). The molecule has 1 rings (SSSR count). The first-order chi connectivity index (χ1) is 9.45. The fourth-order valence-electron chi connectivity index (χ4n) is 1.54. The predicted molar refractivity (Wildman–Crippen MR) is 76.6 cm³/mol. The van der Waals surface area contributed by atoms with Gasteiger partial charge >= 0.3 is 5.97 Å². The topological polar surface area (TPSA) is 117 Å². The van der Waals surface area contributed by atoms with Crippen molar-refractivity contribution in [2.45, 2.75) is 32.7 Å². The molecule has 0 spiro atoms. The summed E-state index contributed by atoms with van der Waals surface area (Å²) in [6.07, 6.45) is 2.50. The zero-order valence-corrected chi connectivity index (χ0v) is 11.6. The van der Waals surface area contributed by atoms with Gasteiger partial charge in [0.1, 0.15) is 5.82 Å². The third kappa shape index (κ3) is 4.42. The number of carbonyl (C=O) groups excluding carboxylic acids is 1. The normalized spacial score (nSPS) is 11.7. The summed E-state index contributed by atoms with van der Waals surface area (Å²) in [6.45, 7) is 4.26. The van der Waals surface area contributed by atoms with Crippen LogP contribution in [0, 0.1) is 0 Å². The molecule has 1 aromatic rings. The van der Waals surface area contributed by atoms with Gasteiger partial charge in [-0.15, -0.1) is 0 Å². The Balaban J connectivity index is 2.52. The number of hydrogen-bond acceptors (Lipinski definition) is 5. The molecule has 0 aliphatic carbocycles. The molecular formula is C13H20N4O3. The SMILES string of the molecule is CCC(C)NC(=O)CCNc1nccc(C(=O)O)c1N. The van der Waals surface area contributed by atoms with Gasteiger partial charge in [-0.05, 0) is 19.4 Å². The van der Waals surface area contributed by atoms with Gasteiger partial charge in [0.2, 0.25) is 5.91 Å². The predicted octanol–water partition coefficient (Wildman–Crippen LogP) is 1.08. The van der Waals surface area contributed by atoms with Crippen LogP contribution < -0.4 is 16.4 Å². The summed E-state index contributed by atoms with van der Waals surface area (Å²) in [7, 11) is 0. The van der Waals surface area contributed by atoms with E-state index in [9.17, 15) is 9.59 Å². The van der Waals surface area contributed by atoms with Crippen LogP contribution in [0.15, 0.2) is 12.3 Å². The van der Waals surface area contributed by atoms with Crippen molar-refractivity contribution in [1.29, 1.82) is 0 Å². The molecule has 0 bridgehead atoms. The number of carboxylic acids is 1. The second kappa shape index (κ2) is 7.32. The smallest absolute Gasteiger partial charge is 0.337 e. The van der Waals surface area contributed by atoms with Crippen LogP contribution in [0.2, 0.25) is 0 Å². The molecule has 0 saturated carbocycles. The summed E-state index contributed by atoms with van der Waals surface area (Å²) in [5.41, 5.74) is 5.76. The quantitative estimate of drug-likeness (QED) is 0.593. The summed E-state index contributed by atoms with van der Waals surface area (Å²) in [4.78, 5) is 26.4. The Bertz CT molecular complexity index is 491. The molecule has 1 heterocycles. The van der Waals surface area contributed by atoms with E-state index in [0.717, 1.165) is 6.42 Å². The van der Waals surface area contributed by atoms with Crippen LogP contribution in [-0.4, -0.2) is 34.6 Å². The van der Waals surface area contributed by atoms with E-state index in [1.54, 1.807) is 0 Å². The van der Waals surface area contributed by atoms with E-state index < -0.39 is 5.97 Å². The molecule has 7 heteroatoms. The first kappa shape index (κ1) is 15.7. The highest BCUT2D eigenvalue weighted by Crippen LogP contribution is 2.19. The van der Waals surface area contributed by atoms with Crippen LogP contribution in [-0.2, 0) is 4.79 Å². The number of pyridine rings is 1. The molecular weight excluding hydrogens is 260 g/mol. The number of carboxylic acid groups (broad SMARTS) is 1. The monoisotopic (exact) mass is 280 g/mol. The lowest BCUT2D eigenvalue weighted by Gasteiger charge is -2.12. The van der Waals surface area contributed by atoms with Crippen molar-refractivity contribution in [1.82, 2.24) is 10.3 Å². The maximum atomic E-state index is 11.6. The van der Waals surface area contributed by atoms with Crippen molar-refractivity contribution in [2.24, 2.45) is 0 Å². The number of nitrogens with zero attached hydrogens (tertiary/aromatic N) is 1. The second-order valence-electron chi connectivity index (χ2n) is 4.48. The number of rotatable bonds is 7. The summed E-state index contributed by atoms with van der Waals surface area (Å²) in [5.74, 6) is -0.900. The number of amides is 1. The van der Waals surface area contributed by atoms with Gasteiger partial charge in [0.15, 0.2) is 0 Å². The summed E-state index contributed by atoms with van der Waals surface area (Å²) < 4.78 is 0. The Morgan fingerprint density at radius 1 is 1.50 bits per heavy atom. The zero-order chi connectivity index (χ0) is 15.1. The molecule has 1 amide bonds. The van der Waals surface area contributed by atoms with Crippen molar-refractivity contribution in [3.8, 4) is 0 Å². The molecule has 5 N–H and O–H groups in total. The molecule has 0 fully saturated rings. The molecule has 0 radical (unpaired) electrons. The molecule has 0 saturated heterocycles. The number of nitrogen functional groups attached to an aromatic ring is 1. The van der Waals surface area contributed by atoms with Crippen LogP contribution in [0.25, 0.3) is 0 Å². The fourth-order valence-corrected chi connectivity index (χ4v) is 1.54. The summed E-state index contributed by atoms with van der Waals surface area (Å²) in [6, 6.07) is 1.47. The number of anilines is 2. The van der Waals surface area contributed by atoms with Crippen LogP contribution in [0.3, 0.4) is 0 Å². The Morgan fingerprint density at radius 3 is 2.80 bits per heavy atom. The average molecular weight is 280 g/mol. The zero-order valence-electron chi connectivity index (χ0n) is 11.6. The van der Waals surface area contributed by atoms with Gasteiger partial charge in [0.25, 0.3) is 0 Å². The van der Waals surface area contributed by atoms with Gasteiger partial charge in [-0.1, -0.05) is 6.92 Å². The van der Waals surface area contributed by atoms with Crippen molar-refractivity contribution in [3.63, 3.8) is 0 Å². The molecule has 1 unspecified atom stereocenters. The minimum absolute atomic E-state index is 0.00782. The molecule has 20 heavy (non-hydrogen) atoms. The third-order valence-electron chi connectivity index (χ3n) is 2.88. The van der Waals surface area contributed by atoms with Gasteiger partial charge in [-0.2, -0.15) is 0 Å². The highest BCUT2D eigenvalue weighted by Gasteiger charge is 2.12. The van der Waals surface area contributed by atoms with Gasteiger partial charge in [-0.25, -0.2) is 9.78 Å². The van der Waals surface area contributed by atoms with Gasteiger partial charge in [-0.3, -0.25) is 4.79 Å². The minimum atomic E-state index is -1.11. The number of aromatic carboxylic acids is 1. The van der Waals surface area contributed by atoms with Crippen LogP contribution >= 0.6 is 0 Å². The molecule has 0 aromatic carbocycles. The first-order valence-electron chi connectivity index (χ1n) is 6.46. The Morgan fingerprint density at radius 2 is 2.20 bits per heavy atom. The molecule has 1 aromatic heterocycles. The van der Waals surface area contributed by atoms with E-state index >= 15 is 0 Å². The van der Waals surface area contributed by atoms with Crippen molar-refractivity contribution in [2.75, 3.05) is 17.6 Å². The van der Waals surface area contributed by atoms with E-state index in [1.807, 2.05) is 13.8 Å². The van der Waals surface area contributed by atoms with Gasteiger partial charge in [0.05, 0.1) is 11.3 Å². The Hall–Kier alpha value is -2.31. The van der Waals surface area contributed by atoms with E-state index in [0.29, 0.717) is 6.54 Å². The average Bonchev–Trinajstić information content (AvgIpc) is 2.40. The number of nitrogens with one attached hydrogen (secondary N) is 2. The molecule has 7 nitrogen and oxygen atoms in total. The fraction of sp³-hybridized carbons (Fsp3) is 0.462. The van der Waals surface area contributed by atoms with E-state index in [-0.39, 0.29) is 35.4 Å². The van der Waals surface area contributed by atoms with Crippen molar-refractivity contribution < 1.29 is 14.7 Å². The lowest BCUT2D eigenvalue weighted by molar-refractivity contribution is -0.121. The first-order valence-corrected chi connectivity index (χ1v) is 6.46. The van der Waals surface area contributed by atoms with Crippen LogP contribution in [0.5, 0.6) is 0 Å². The summed E-state index contributed by atoms with van der Waals surface area (Å²) in [5, 5.41) is 14.6. The second-order valence-corrected chi connectivity index (χ2v) is 4.48. The molecule has 110 valence electrons. The van der Waals surface area contributed by atoms with E-state index in [2.05, 4.69) is 15.6 Å². The van der Waals surface area contributed by atoms with Crippen molar-refractivity contribution >= 4 is 23.4 Å².